The van der Waals surface area contributed by atoms with Gasteiger partial charge in [0.15, 0.2) is 0 Å². The molecule has 0 spiro atoms. The van der Waals surface area contributed by atoms with Gasteiger partial charge in [-0.25, -0.2) is 0 Å². The Labute approximate surface area is 184 Å². The van der Waals surface area contributed by atoms with Gasteiger partial charge in [-0.3, -0.25) is 4.79 Å². The lowest BCUT2D eigenvalue weighted by Gasteiger charge is -2.45. The van der Waals surface area contributed by atoms with Crippen LogP contribution in [0.15, 0.2) is 35.9 Å². The van der Waals surface area contributed by atoms with Gasteiger partial charge in [-0.2, -0.15) is 5.26 Å². The first-order valence-corrected chi connectivity index (χ1v) is 10.5. The average Bonchev–Trinajstić information content (AvgIpc) is 2.68. The smallest absolute Gasteiger partial charge is 0.266 e. The van der Waals surface area contributed by atoms with Crippen LogP contribution in [0.4, 0.5) is 11.4 Å². The molecule has 2 aromatic rings. The molecule has 1 aliphatic heterocycles. The zero-order valence-corrected chi connectivity index (χ0v) is 19.2. The third-order valence-corrected chi connectivity index (χ3v) is 6.61. The van der Waals surface area contributed by atoms with Crippen molar-refractivity contribution < 1.29 is 4.79 Å². The van der Waals surface area contributed by atoms with Crippen molar-refractivity contribution in [3.8, 4) is 6.07 Å². The molecule has 0 aliphatic carbocycles. The second-order valence-corrected chi connectivity index (χ2v) is 9.19. The number of hydrogen-bond acceptors (Lipinski definition) is 3. The Morgan fingerprint density at radius 2 is 2.03 bits per heavy atom. The Morgan fingerprint density at radius 3 is 2.70 bits per heavy atom. The maximum Gasteiger partial charge on any atom is 0.266 e. The molecule has 156 valence electrons. The first kappa shape index (κ1) is 21.9. The molecule has 5 heteroatoms. The Hall–Kier alpha value is -2.77. The second-order valence-electron chi connectivity index (χ2n) is 8.78. The molecule has 0 saturated heterocycles. The maximum atomic E-state index is 12.8. The van der Waals surface area contributed by atoms with E-state index in [0.29, 0.717) is 16.6 Å². The summed E-state index contributed by atoms with van der Waals surface area (Å²) in [5.74, 6) is -0.0429. The van der Waals surface area contributed by atoms with Crippen molar-refractivity contribution in [1.82, 2.24) is 0 Å². The van der Waals surface area contributed by atoms with E-state index in [-0.39, 0.29) is 11.1 Å². The van der Waals surface area contributed by atoms with E-state index >= 15 is 0 Å². The van der Waals surface area contributed by atoms with Crippen LogP contribution in [0.5, 0.6) is 0 Å². The highest BCUT2D eigenvalue weighted by Crippen LogP contribution is 2.43. The Morgan fingerprint density at radius 1 is 1.33 bits per heavy atom. The average molecular weight is 422 g/mol. The number of halogens is 1. The summed E-state index contributed by atoms with van der Waals surface area (Å²) in [7, 11) is 2.13. The molecule has 0 bridgehead atoms. The molecular weight excluding hydrogens is 394 g/mol. The largest absolute Gasteiger partial charge is 0.369 e. The van der Waals surface area contributed by atoms with Crippen molar-refractivity contribution in [3.05, 3.63) is 63.2 Å². The molecule has 0 radical (unpaired) electrons. The third-order valence-electron chi connectivity index (χ3n) is 6.20. The first-order valence-electron chi connectivity index (χ1n) is 10.1. The molecule has 4 nitrogen and oxygen atoms in total. The molecule has 0 aromatic heterocycles. The number of carbonyl (C=O) groups is 1. The summed E-state index contributed by atoms with van der Waals surface area (Å²) in [5.41, 5.74) is 5.91. The summed E-state index contributed by atoms with van der Waals surface area (Å²) in [6.45, 7) is 10.6. The normalized spacial score (nSPS) is 17.9. The Balaban J connectivity index is 1.97. The number of carbonyl (C=O) groups excluding carboxylic acids is 1. The number of nitrogens with zero attached hydrogens (tertiary/aromatic N) is 2. The quantitative estimate of drug-likeness (QED) is 0.472. The standard InChI is InChI=1S/C25H28ClN3O/c1-15-10-23-20(16(2)13-25(4,5)29(23)6)12-18(15)11-19(14-27)24(30)28-22-9-7-8-21(26)17(22)3/h7-12,16H,13H2,1-6H3,(H,28,30)/b19-11+. The molecule has 1 aliphatic rings. The van der Waals surface area contributed by atoms with Gasteiger partial charge in [0, 0.05) is 29.0 Å². The van der Waals surface area contributed by atoms with Gasteiger partial charge in [0.1, 0.15) is 11.6 Å². The molecule has 30 heavy (non-hydrogen) atoms. The number of benzene rings is 2. The molecule has 1 atom stereocenters. The number of fused-ring (bicyclic) bond motifs is 1. The highest BCUT2D eigenvalue weighted by molar-refractivity contribution is 6.31. The third kappa shape index (κ3) is 4.08. The number of nitriles is 1. The number of rotatable bonds is 3. The van der Waals surface area contributed by atoms with Gasteiger partial charge in [0.05, 0.1) is 0 Å². The van der Waals surface area contributed by atoms with E-state index in [2.05, 4.69) is 56.2 Å². The SMILES string of the molecule is Cc1cc2c(cc1/C=C(\C#N)C(=O)Nc1cccc(Cl)c1C)C(C)CC(C)(C)N2C. The van der Waals surface area contributed by atoms with Crippen LogP contribution in [-0.2, 0) is 4.79 Å². The summed E-state index contributed by atoms with van der Waals surface area (Å²) in [6.07, 6.45) is 2.72. The zero-order chi connectivity index (χ0) is 22.2. The number of aryl methyl sites for hydroxylation is 1. The van der Waals surface area contributed by atoms with Crippen molar-refractivity contribution >= 4 is 35.0 Å². The highest BCUT2D eigenvalue weighted by atomic mass is 35.5. The number of hydrogen-bond donors (Lipinski definition) is 1. The van der Waals surface area contributed by atoms with Gasteiger partial charge in [-0.1, -0.05) is 24.6 Å². The first-order chi connectivity index (χ1) is 14.0. The van der Waals surface area contributed by atoms with Crippen LogP contribution in [0.2, 0.25) is 5.02 Å². The number of anilines is 2. The van der Waals surface area contributed by atoms with E-state index in [1.54, 1.807) is 24.3 Å². The van der Waals surface area contributed by atoms with Crippen LogP contribution in [0, 0.1) is 25.2 Å². The fourth-order valence-electron chi connectivity index (χ4n) is 4.13. The molecule has 2 aromatic carbocycles. The van der Waals surface area contributed by atoms with E-state index in [9.17, 15) is 10.1 Å². The van der Waals surface area contributed by atoms with Crippen molar-refractivity contribution in [3.63, 3.8) is 0 Å². The van der Waals surface area contributed by atoms with Crippen LogP contribution >= 0.6 is 11.6 Å². The van der Waals surface area contributed by atoms with Gasteiger partial charge in [0.2, 0.25) is 0 Å². The summed E-state index contributed by atoms with van der Waals surface area (Å²) < 4.78 is 0. The predicted octanol–water partition coefficient (Wildman–Crippen LogP) is 6.22. The Bertz CT molecular complexity index is 1080. The van der Waals surface area contributed by atoms with Gasteiger partial charge in [-0.05, 0) is 92.6 Å². The Kier molecular flexibility index (Phi) is 5.97. The minimum Gasteiger partial charge on any atom is -0.369 e. The van der Waals surface area contributed by atoms with Crippen molar-refractivity contribution in [2.45, 2.75) is 52.5 Å². The molecule has 1 N–H and O–H groups in total. The van der Waals surface area contributed by atoms with Crippen molar-refractivity contribution in [2.24, 2.45) is 0 Å². The van der Waals surface area contributed by atoms with Crippen LogP contribution < -0.4 is 10.2 Å². The van der Waals surface area contributed by atoms with Crippen LogP contribution in [0.3, 0.4) is 0 Å². The number of amides is 1. The molecule has 1 amide bonds. The summed E-state index contributed by atoms with van der Waals surface area (Å²) in [5, 5.41) is 13.0. The molecule has 1 heterocycles. The van der Waals surface area contributed by atoms with Gasteiger partial charge >= 0.3 is 0 Å². The summed E-state index contributed by atoms with van der Waals surface area (Å²) in [4.78, 5) is 15.1. The fourth-order valence-corrected chi connectivity index (χ4v) is 4.30. The highest BCUT2D eigenvalue weighted by Gasteiger charge is 2.34. The van der Waals surface area contributed by atoms with E-state index in [1.165, 1.54) is 11.3 Å². The van der Waals surface area contributed by atoms with Crippen molar-refractivity contribution in [1.29, 1.82) is 5.26 Å². The summed E-state index contributed by atoms with van der Waals surface area (Å²) in [6, 6.07) is 11.6. The number of nitrogens with one attached hydrogen (secondary N) is 1. The lowest BCUT2D eigenvalue weighted by atomic mass is 9.79. The van der Waals surface area contributed by atoms with Crippen LogP contribution in [0.25, 0.3) is 6.08 Å². The van der Waals surface area contributed by atoms with E-state index in [0.717, 1.165) is 23.1 Å². The van der Waals surface area contributed by atoms with Gasteiger partial charge < -0.3 is 10.2 Å². The van der Waals surface area contributed by atoms with E-state index in [4.69, 9.17) is 11.6 Å². The maximum absolute atomic E-state index is 12.8. The monoisotopic (exact) mass is 421 g/mol. The molecular formula is C25H28ClN3O. The molecule has 0 saturated carbocycles. The second kappa shape index (κ2) is 8.16. The molecule has 3 rings (SSSR count). The van der Waals surface area contributed by atoms with Gasteiger partial charge in [-0.15, -0.1) is 0 Å². The molecule has 0 fully saturated rings. The minimum atomic E-state index is -0.439. The van der Waals surface area contributed by atoms with E-state index < -0.39 is 5.91 Å². The zero-order valence-electron chi connectivity index (χ0n) is 18.4. The minimum absolute atomic E-state index is 0.0644. The van der Waals surface area contributed by atoms with Crippen molar-refractivity contribution in [2.75, 3.05) is 17.3 Å². The lowest BCUT2D eigenvalue weighted by molar-refractivity contribution is -0.112. The molecule has 1 unspecified atom stereocenters. The predicted molar refractivity (Wildman–Crippen MR) is 125 cm³/mol. The van der Waals surface area contributed by atoms with E-state index in [1.807, 2.05) is 13.8 Å². The van der Waals surface area contributed by atoms with Crippen LogP contribution in [-0.4, -0.2) is 18.5 Å². The van der Waals surface area contributed by atoms with Gasteiger partial charge in [0.25, 0.3) is 5.91 Å². The lowest BCUT2D eigenvalue weighted by Crippen LogP contribution is -2.45. The van der Waals surface area contributed by atoms with Crippen LogP contribution in [0.1, 0.15) is 55.4 Å². The fraction of sp³-hybridized carbons (Fsp3) is 0.360. The topological polar surface area (TPSA) is 56.1 Å². The summed E-state index contributed by atoms with van der Waals surface area (Å²) >= 11 is 6.14.